The average Bonchev–Trinajstić information content (AvgIpc) is 2.65. The van der Waals surface area contributed by atoms with Gasteiger partial charge in [-0.15, -0.1) is 0 Å². The number of rotatable bonds is 2. The Hall–Kier alpha value is -1.13. The second-order valence-corrected chi connectivity index (χ2v) is 3.55. The van der Waals surface area contributed by atoms with Crippen LogP contribution in [0, 0.1) is 0 Å². The molecule has 0 bridgehead atoms. The molecule has 1 fully saturated rings. The van der Waals surface area contributed by atoms with Gasteiger partial charge in [-0.1, -0.05) is 0 Å². The molecule has 0 saturated carbocycles. The van der Waals surface area contributed by atoms with E-state index in [4.69, 9.17) is 5.11 Å². The number of aliphatic hydroxyl groups excluding tert-OH is 2. The summed E-state index contributed by atoms with van der Waals surface area (Å²) in [5, 5.41) is 18.5. The number of anilines is 1. The lowest BCUT2D eigenvalue weighted by atomic mass is 10.2. The quantitative estimate of drug-likeness (QED) is 0.703. The standard InChI is InChI=1S/C10H14N2O2/c13-7-8-5-11-3-1-10(8)12-4-2-9(14)6-12/h1,3,5,9,13-14H,2,4,6-7H2. The topological polar surface area (TPSA) is 56.6 Å². The Bertz CT molecular complexity index is 317. The van der Waals surface area contributed by atoms with Gasteiger partial charge in [0.15, 0.2) is 0 Å². The Morgan fingerprint density at radius 2 is 2.43 bits per heavy atom. The average molecular weight is 194 g/mol. The van der Waals surface area contributed by atoms with Gasteiger partial charge in [0.05, 0.1) is 12.7 Å². The first-order valence-electron chi connectivity index (χ1n) is 4.78. The molecule has 1 aromatic heterocycles. The molecule has 76 valence electrons. The number of pyridine rings is 1. The molecule has 1 aliphatic rings. The van der Waals surface area contributed by atoms with Gasteiger partial charge in [0.1, 0.15) is 0 Å². The summed E-state index contributed by atoms with van der Waals surface area (Å²) in [6.45, 7) is 1.49. The smallest absolute Gasteiger partial charge is 0.0731 e. The highest BCUT2D eigenvalue weighted by atomic mass is 16.3. The third-order valence-electron chi connectivity index (χ3n) is 2.55. The van der Waals surface area contributed by atoms with Crippen molar-refractivity contribution in [3.8, 4) is 0 Å². The zero-order chi connectivity index (χ0) is 9.97. The summed E-state index contributed by atoms with van der Waals surface area (Å²) in [6, 6.07) is 1.88. The predicted molar refractivity (Wildman–Crippen MR) is 53.0 cm³/mol. The molecule has 4 nitrogen and oxygen atoms in total. The summed E-state index contributed by atoms with van der Waals surface area (Å²) in [7, 11) is 0. The minimum Gasteiger partial charge on any atom is -0.392 e. The van der Waals surface area contributed by atoms with Gasteiger partial charge >= 0.3 is 0 Å². The zero-order valence-corrected chi connectivity index (χ0v) is 7.93. The van der Waals surface area contributed by atoms with Gasteiger partial charge in [-0.25, -0.2) is 0 Å². The summed E-state index contributed by atoms with van der Waals surface area (Å²) < 4.78 is 0. The van der Waals surface area contributed by atoms with Crippen molar-refractivity contribution in [2.45, 2.75) is 19.1 Å². The molecule has 14 heavy (non-hydrogen) atoms. The fourth-order valence-electron chi connectivity index (χ4n) is 1.81. The van der Waals surface area contributed by atoms with Crippen molar-refractivity contribution in [1.29, 1.82) is 0 Å². The number of aromatic nitrogens is 1. The molecular weight excluding hydrogens is 180 g/mol. The molecular formula is C10H14N2O2. The maximum absolute atomic E-state index is 9.40. The minimum absolute atomic E-state index is 0.00420. The van der Waals surface area contributed by atoms with E-state index in [0.717, 1.165) is 24.2 Å². The lowest BCUT2D eigenvalue weighted by Gasteiger charge is -2.20. The molecule has 0 aromatic carbocycles. The SMILES string of the molecule is OCc1cnccc1N1CCC(O)C1. The third-order valence-corrected chi connectivity index (χ3v) is 2.55. The minimum atomic E-state index is -0.241. The Labute approximate surface area is 82.8 Å². The van der Waals surface area contributed by atoms with Crippen molar-refractivity contribution < 1.29 is 10.2 Å². The van der Waals surface area contributed by atoms with Crippen molar-refractivity contribution in [1.82, 2.24) is 4.98 Å². The fraction of sp³-hybridized carbons (Fsp3) is 0.500. The summed E-state index contributed by atoms with van der Waals surface area (Å²) in [6.07, 6.45) is 3.93. The monoisotopic (exact) mass is 194 g/mol. The van der Waals surface area contributed by atoms with Crippen LogP contribution in [0.1, 0.15) is 12.0 Å². The first-order valence-corrected chi connectivity index (χ1v) is 4.78. The Balaban J connectivity index is 2.22. The second-order valence-electron chi connectivity index (χ2n) is 3.55. The van der Waals surface area contributed by atoms with E-state index in [0.29, 0.717) is 6.54 Å². The van der Waals surface area contributed by atoms with Gasteiger partial charge in [0, 0.05) is 36.7 Å². The Morgan fingerprint density at radius 1 is 1.57 bits per heavy atom. The van der Waals surface area contributed by atoms with Gasteiger partial charge in [-0.05, 0) is 12.5 Å². The van der Waals surface area contributed by atoms with E-state index in [1.165, 1.54) is 0 Å². The number of hydrogen-bond donors (Lipinski definition) is 2. The van der Waals surface area contributed by atoms with Crippen LogP contribution in [-0.2, 0) is 6.61 Å². The van der Waals surface area contributed by atoms with Crippen LogP contribution in [-0.4, -0.2) is 34.4 Å². The molecule has 0 aliphatic carbocycles. The van der Waals surface area contributed by atoms with Gasteiger partial charge in [0.2, 0.25) is 0 Å². The van der Waals surface area contributed by atoms with E-state index >= 15 is 0 Å². The molecule has 2 N–H and O–H groups in total. The zero-order valence-electron chi connectivity index (χ0n) is 7.93. The van der Waals surface area contributed by atoms with E-state index in [2.05, 4.69) is 9.88 Å². The van der Waals surface area contributed by atoms with Crippen LogP contribution < -0.4 is 4.90 Å². The number of hydrogen-bond acceptors (Lipinski definition) is 4. The van der Waals surface area contributed by atoms with Crippen molar-refractivity contribution in [2.24, 2.45) is 0 Å². The first-order chi connectivity index (χ1) is 6.81. The highest BCUT2D eigenvalue weighted by Gasteiger charge is 2.21. The molecule has 1 unspecified atom stereocenters. The number of β-amino-alcohol motifs (C(OH)–C–C–N with tert-alkyl or cyclic N) is 1. The summed E-state index contributed by atoms with van der Waals surface area (Å²) in [5.74, 6) is 0. The van der Waals surface area contributed by atoms with Crippen molar-refractivity contribution >= 4 is 5.69 Å². The van der Waals surface area contributed by atoms with Crippen LogP contribution in [0.15, 0.2) is 18.5 Å². The van der Waals surface area contributed by atoms with Crippen LogP contribution in [0.2, 0.25) is 0 Å². The van der Waals surface area contributed by atoms with Crippen LogP contribution in [0.3, 0.4) is 0 Å². The summed E-state index contributed by atoms with van der Waals surface area (Å²) >= 11 is 0. The van der Waals surface area contributed by atoms with Crippen LogP contribution in [0.25, 0.3) is 0 Å². The lowest BCUT2D eigenvalue weighted by molar-refractivity contribution is 0.198. The van der Waals surface area contributed by atoms with E-state index in [9.17, 15) is 5.11 Å². The van der Waals surface area contributed by atoms with Crippen molar-refractivity contribution in [3.63, 3.8) is 0 Å². The molecule has 1 atom stereocenters. The molecule has 1 aromatic rings. The van der Waals surface area contributed by atoms with E-state index < -0.39 is 0 Å². The van der Waals surface area contributed by atoms with Crippen molar-refractivity contribution in [2.75, 3.05) is 18.0 Å². The normalized spacial score (nSPS) is 21.6. The van der Waals surface area contributed by atoms with E-state index in [1.807, 2.05) is 6.07 Å². The highest BCUT2D eigenvalue weighted by molar-refractivity contribution is 5.52. The maximum atomic E-state index is 9.40. The molecule has 2 rings (SSSR count). The summed E-state index contributed by atoms with van der Waals surface area (Å²) in [5.41, 5.74) is 1.81. The predicted octanol–water partition coefficient (Wildman–Crippen LogP) is 0.145. The lowest BCUT2D eigenvalue weighted by Crippen LogP contribution is -2.22. The van der Waals surface area contributed by atoms with Gasteiger partial charge in [-0.2, -0.15) is 0 Å². The van der Waals surface area contributed by atoms with Crippen LogP contribution >= 0.6 is 0 Å². The van der Waals surface area contributed by atoms with Crippen LogP contribution in [0.4, 0.5) is 5.69 Å². The van der Waals surface area contributed by atoms with E-state index in [-0.39, 0.29) is 12.7 Å². The first kappa shape index (κ1) is 9.43. The van der Waals surface area contributed by atoms with Gasteiger partial charge in [-0.3, -0.25) is 4.98 Å². The van der Waals surface area contributed by atoms with Crippen molar-refractivity contribution in [3.05, 3.63) is 24.0 Å². The van der Waals surface area contributed by atoms with Crippen LogP contribution in [0.5, 0.6) is 0 Å². The molecule has 0 radical (unpaired) electrons. The third kappa shape index (κ3) is 1.71. The largest absolute Gasteiger partial charge is 0.392 e. The van der Waals surface area contributed by atoms with E-state index in [1.54, 1.807) is 12.4 Å². The van der Waals surface area contributed by atoms with Gasteiger partial charge < -0.3 is 15.1 Å². The number of aliphatic hydroxyl groups is 2. The molecule has 0 spiro atoms. The molecule has 0 amide bonds. The summed E-state index contributed by atoms with van der Waals surface area (Å²) in [4.78, 5) is 6.04. The molecule has 1 saturated heterocycles. The molecule has 1 aliphatic heterocycles. The van der Waals surface area contributed by atoms with Gasteiger partial charge in [0.25, 0.3) is 0 Å². The Morgan fingerprint density at radius 3 is 3.07 bits per heavy atom. The maximum Gasteiger partial charge on any atom is 0.0731 e. The second kappa shape index (κ2) is 3.94. The molecule has 4 heteroatoms. The highest BCUT2D eigenvalue weighted by Crippen LogP contribution is 2.23. The fourth-order valence-corrected chi connectivity index (χ4v) is 1.81. The molecule has 2 heterocycles. The number of nitrogens with zero attached hydrogens (tertiary/aromatic N) is 2. The Kier molecular flexibility index (Phi) is 2.65.